The Balaban J connectivity index is 1.29. The molecule has 3 heterocycles. The van der Waals surface area contributed by atoms with Crippen LogP contribution in [0, 0.1) is 19.8 Å². The SMILES string of the molecule is Cc1cc(Nc2cccc(C(=O)N3CCOC[C@H](Cc4ccc5ccncc5c4)C3)c2)nc(C)n1. The number of fused-ring (bicyclic) bond motifs is 1. The van der Waals surface area contributed by atoms with Gasteiger partial charge in [0.1, 0.15) is 11.6 Å². The Hall–Kier alpha value is -3.84. The van der Waals surface area contributed by atoms with Gasteiger partial charge in [-0.15, -0.1) is 0 Å². The number of nitrogens with one attached hydrogen (secondary N) is 1. The molecule has 1 atom stereocenters. The average molecular weight is 468 g/mol. The summed E-state index contributed by atoms with van der Waals surface area (Å²) in [6.45, 7) is 6.23. The van der Waals surface area contributed by atoms with Gasteiger partial charge in [-0.05, 0) is 61.5 Å². The Morgan fingerprint density at radius 2 is 2.00 bits per heavy atom. The molecule has 0 aliphatic carbocycles. The van der Waals surface area contributed by atoms with Gasteiger partial charge in [0, 0.05) is 59.8 Å². The van der Waals surface area contributed by atoms with Crippen molar-refractivity contribution in [3.8, 4) is 0 Å². The molecule has 0 saturated carbocycles. The molecule has 0 bridgehead atoms. The quantitative estimate of drug-likeness (QED) is 0.458. The third kappa shape index (κ3) is 5.63. The third-order valence-electron chi connectivity index (χ3n) is 6.20. The van der Waals surface area contributed by atoms with E-state index in [0.717, 1.165) is 23.2 Å². The maximum absolute atomic E-state index is 13.4. The number of benzene rings is 2. The molecule has 2 aromatic heterocycles. The van der Waals surface area contributed by atoms with E-state index >= 15 is 0 Å². The van der Waals surface area contributed by atoms with E-state index in [1.807, 2.05) is 67.5 Å². The molecule has 1 aliphatic rings. The lowest BCUT2D eigenvalue weighted by Crippen LogP contribution is -2.36. The number of rotatable bonds is 5. The fourth-order valence-corrected chi connectivity index (χ4v) is 4.62. The van der Waals surface area contributed by atoms with Gasteiger partial charge < -0.3 is 15.0 Å². The normalized spacial score (nSPS) is 16.2. The van der Waals surface area contributed by atoms with Gasteiger partial charge in [0.2, 0.25) is 0 Å². The molecule has 7 heteroatoms. The summed E-state index contributed by atoms with van der Waals surface area (Å²) in [5, 5.41) is 5.61. The zero-order valence-corrected chi connectivity index (χ0v) is 20.1. The maximum atomic E-state index is 13.4. The van der Waals surface area contributed by atoms with Crippen molar-refractivity contribution < 1.29 is 9.53 Å². The summed E-state index contributed by atoms with van der Waals surface area (Å²) in [5.41, 5.74) is 3.59. The number of pyridine rings is 1. The second kappa shape index (κ2) is 10.2. The maximum Gasteiger partial charge on any atom is 0.254 e. The van der Waals surface area contributed by atoms with Gasteiger partial charge in [-0.3, -0.25) is 9.78 Å². The molecule has 0 radical (unpaired) electrons. The molecule has 5 rings (SSSR count). The number of aromatic nitrogens is 3. The highest BCUT2D eigenvalue weighted by Gasteiger charge is 2.24. The number of anilines is 2. The number of aryl methyl sites for hydroxylation is 2. The molecular formula is C28H29N5O2. The predicted molar refractivity (Wildman–Crippen MR) is 137 cm³/mol. The van der Waals surface area contributed by atoms with Crippen molar-refractivity contribution in [3.63, 3.8) is 0 Å². The Morgan fingerprint density at radius 1 is 1.09 bits per heavy atom. The Labute approximate surface area is 205 Å². The summed E-state index contributed by atoms with van der Waals surface area (Å²) in [5.74, 6) is 1.66. The van der Waals surface area contributed by atoms with Crippen molar-refractivity contribution in [2.75, 3.05) is 31.6 Å². The Kier molecular flexibility index (Phi) is 6.68. The lowest BCUT2D eigenvalue weighted by Gasteiger charge is -2.24. The predicted octanol–water partition coefficient (Wildman–Crippen LogP) is 4.72. The smallest absolute Gasteiger partial charge is 0.254 e. The van der Waals surface area contributed by atoms with Crippen LogP contribution in [0.25, 0.3) is 10.8 Å². The minimum absolute atomic E-state index is 0.0157. The first-order chi connectivity index (χ1) is 17.0. The van der Waals surface area contributed by atoms with Crippen LogP contribution in [-0.2, 0) is 11.2 Å². The highest BCUT2D eigenvalue weighted by Crippen LogP contribution is 2.22. The first-order valence-corrected chi connectivity index (χ1v) is 11.9. The van der Waals surface area contributed by atoms with Crippen LogP contribution in [0.4, 0.5) is 11.5 Å². The molecule has 1 saturated heterocycles. The fraction of sp³-hybridized carbons (Fsp3) is 0.286. The van der Waals surface area contributed by atoms with E-state index in [1.54, 1.807) is 0 Å². The van der Waals surface area contributed by atoms with Gasteiger partial charge >= 0.3 is 0 Å². The van der Waals surface area contributed by atoms with E-state index in [0.29, 0.717) is 43.5 Å². The fourth-order valence-electron chi connectivity index (χ4n) is 4.62. The van der Waals surface area contributed by atoms with Crippen LogP contribution in [0.15, 0.2) is 67.0 Å². The highest BCUT2D eigenvalue weighted by molar-refractivity contribution is 5.95. The minimum Gasteiger partial charge on any atom is -0.379 e. The van der Waals surface area contributed by atoms with Gasteiger partial charge in [-0.25, -0.2) is 9.97 Å². The summed E-state index contributed by atoms with van der Waals surface area (Å²) >= 11 is 0. The van der Waals surface area contributed by atoms with Crippen LogP contribution in [-0.4, -0.2) is 52.1 Å². The van der Waals surface area contributed by atoms with Gasteiger partial charge in [0.05, 0.1) is 13.2 Å². The van der Waals surface area contributed by atoms with Crippen LogP contribution in [0.5, 0.6) is 0 Å². The monoisotopic (exact) mass is 467 g/mol. The van der Waals surface area contributed by atoms with Gasteiger partial charge in [-0.2, -0.15) is 0 Å². The summed E-state index contributed by atoms with van der Waals surface area (Å²) in [6.07, 6.45) is 4.55. The molecule has 4 aromatic rings. The van der Waals surface area contributed by atoms with Crippen LogP contribution >= 0.6 is 0 Å². The number of nitrogens with zero attached hydrogens (tertiary/aromatic N) is 4. The van der Waals surface area contributed by atoms with Crippen LogP contribution in [0.1, 0.15) is 27.4 Å². The van der Waals surface area contributed by atoms with Crippen molar-refractivity contribution in [1.29, 1.82) is 0 Å². The molecule has 178 valence electrons. The largest absolute Gasteiger partial charge is 0.379 e. The van der Waals surface area contributed by atoms with Gasteiger partial charge in [-0.1, -0.05) is 18.2 Å². The van der Waals surface area contributed by atoms with Crippen LogP contribution < -0.4 is 5.32 Å². The van der Waals surface area contributed by atoms with Crippen molar-refractivity contribution in [2.24, 2.45) is 5.92 Å². The number of carbonyl (C=O) groups excluding carboxylic acids is 1. The molecule has 1 amide bonds. The van der Waals surface area contributed by atoms with Crippen molar-refractivity contribution >= 4 is 28.2 Å². The summed E-state index contributed by atoms with van der Waals surface area (Å²) in [4.78, 5) is 28.4. The zero-order chi connectivity index (χ0) is 24.2. The number of hydrogen-bond acceptors (Lipinski definition) is 6. The zero-order valence-electron chi connectivity index (χ0n) is 20.1. The second-order valence-electron chi connectivity index (χ2n) is 9.10. The van der Waals surface area contributed by atoms with Crippen molar-refractivity contribution in [2.45, 2.75) is 20.3 Å². The van der Waals surface area contributed by atoms with E-state index < -0.39 is 0 Å². The summed E-state index contributed by atoms with van der Waals surface area (Å²) in [7, 11) is 0. The minimum atomic E-state index is 0.0157. The number of amides is 1. The molecular weight excluding hydrogens is 438 g/mol. The van der Waals surface area contributed by atoms with Crippen molar-refractivity contribution in [1.82, 2.24) is 19.9 Å². The molecule has 2 aromatic carbocycles. The molecule has 1 aliphatic heterocycles. The lowest BCUT2D eigenvalue weighted by molar-refractivity contribution is 0.0737. The molecule has 0 unspecified atom stereocenters. The lowest BCUT2D eigenvalue weighted by atomic mass is 9.97. The average Bonchev–Trinajstić information content (AvgIpc) is 3.08. The van der Waals surface area contributed by atoms with E-state index in [4.69, 9.17) is 4.74 Å². The van der Waals surface area contributed by atoms with Crippen LogP contribution in [0.3, 0.4) is 0 Å². The molecule has 7 nitrogen and oxygen atoms in total. The number of carbonyl (C=O) groups is 1. The van der Waals surface area contributed by atoms with E-state index in [1.165, 1.54) is 10.9 Å². The highest BCUT2D eigenvalue weighted by atomic mass is 16.5. The number of hydrogen-bond donors (Lipinski definition) is 1. The molecule has 0 spiro atoms. The molecule has 35 heavy (non-hydrogen) atoms. The van der Waals surface area contributed by atoms with E-state index in [-0.39, 0.29) is 11.8 Å². The number of ether oxygens (including phenoxy) is 1. The van der Waals surface area contributed by atoms with Gasteiger partial charge in [0.15, 0.2) is 0 Å². The summed E-state index contributed by atoms with van der Waals surface area (Å²) < 4.78 is 5.88. The Morgan fingerprint density at radius 3 is 2.89 bits per heavy atom. The standard InChI is InChI=1S/C28H29N5O2/c1-19-12-27(31-20(2)30-19)32-26-5-3-4-24(15-26)28(34)33-10-11-35-18-22(17-33)13-21-6-7-23-8-9-29-16-25(23)14-21/h3-9,12,14-16,22H,10-11,13,17-18H2,1-2H3,(H,30,31,32)/t22-/m1/s1. The second-order valence-corrected chi connectivity index (χ2v) is 9.10. The van der Waals surface area contributed by atoms with E-state index in [9.17, 15) is 4.79 Å². The van der Waals surface area contributed by atoms with Crippen molar-refractivity contribution in [3.05, 3.63) is 89.6 Å². The van der Waals surface area contributed by atoms with E-state index in [2.05, 4.69) is 38.5 Å². The first-order valence-electron chi connectivity index (χ1n) is 11.9. The van der Waals surface area contributed by atoms with Gasteiger partial charge in [0.25, 0.3) is 5.91 Å². The molecule has 1 fully saturated rings. The first kappa shape index (κ1) is 22.9. The summed E-state index contributed by atoms with van der Waals surface area (Å²) in [6, 6.07) is 18.0. The van der Waals surface area contributed by atoms with Crippen LogP contribution in [0.2, 0.25) is 0 Å². The topological polar surface area (TPSA) is 80.2 Å². The Bertz CT molecular complexity index is 1340. The molecule has 1 N–H and O–H groups in total. The third-order valence-corrected chi connectivity index (χ3v) is 6.20.